The van der Waals surface area contributed by atoms with Gasteiger partial charge in [-0.15, -0.1) is 0 Å². The van der Waals surface area contributed by atoms with Crippen LogP contribution in [0.5, 0.6) is 0 Å². The van der Waals surface area contributed by atoms with E-state index in [4.69, 9.17) is 14.2 Å². The molecule has 1 fully saturated rings. The molecule has 0 aromatic heterocycles. The molecule has 1 heterocycles. The maximum Gasteiger partial charge on any atom is 0.338 e. The number of hydrogen-bond donors (Lipinski definition) is 1. The second kappa shape index (κ2) is 8.28. The summed E-state index contributed by atoms with van der Waals surface area (Å²) in [4.78, 5) is 34.8. The molecule has 7 nitrogen and oxygen atoms in total. The number of nitrogens with one attached hydrogen (secondary N) is 1. The molecule has 0 bridgehead atoms. The van der Waals surface area contributed by atoms with E-state index in [1.54, 1.807) is 31.2 Å². The maximum absolute atomic E-state index is 11.7. The van der Waals surface area contributed by atoms with E-state index in [0.717, 1.165) is 6.42 Å². The normalized spacial score (nSPS) is 16.7. The highest BCUT2D eigenvalue weighted by atomic mass is 16.6. The van der Waals surface area contributed by atoms with Crippen molar-refractivity contribution in [2.24, 2.45) is 0 Å². The molecule has 1 aromatic rings. The third kappa shape index (κ3) is 5.07. The molecule has 0 radical (unpaired) electrons. The summed E-state index contributed by atoms with van der Waals surface area (Å²) in [5, 5.41) is 2.58. The van der Waals surface area contributed by atoms with Crippen LogP contribution in [-0.4, -0.2) is 43.8 Å². The van der Waals surface area contributed by atoms with Gasteiger partial charge in [0.15, 0.2) is 12.7 Å². The maximum atomic E-state index is 11.7. The van der Waals surface area contributed by atoms with Crippen molar-refractivity contribution in [3.05, 3.63) is 29.8 Å². The number of benzene rings is 1. The second-order valence-corrected chi connectivity index (χ2v) is 4.96. The van der Waals surface area contributed by atoms with E-state index in [1.165, 1.54) is 0 Å². The lowest BCUT2D eigenvalue weighted by Crippen LogP contribution is -2.27. The van der Waals surface area contributed by atoms with Gasteiger partial charge in [-0.25, -0.2) is 9.59 Å². The van der Waals surface area contributed by atoms with Crippen molar-refractivity contribution >= 4 is 23.5 Å². The molecule has 1 saturated heterocycles. The van der Waals surface area contributed by atoms with Gasteiger partial charge in [0, 0.05) is 12.3 Å². The molecule has 1 N–H and O–H groups in total. The Hall–Kier alpha value is -2.41. The fraction of sp³-hybridized carbons (Fsp3) is 0.438. The van der Waals surface area contributed by atoms with Gasteiger partial charge < -0.3 is 19.5 Å². The number of anilines is 1. The lowest BCUT2D eigenvalue weighted by atomic mass is 10.2. The first-order valence-electron chi connectivity index (χ1n) is 7.45. The average molecular weight is 321 g/mol. The minimum atomic E-state index is -0.563. The van der Waals surface area contributed by atoms with Gasteiger partial charge in [0.05, 0.1) is 12.2 Å². The molecule has 7 heteroatoms. The van der Waals surface area contributed by atoms with Crippen LogP contribution >= 0.6 is 0 Å². The van der Waals surface area contributed by atoms with Crippen molar-refractivity contribution in [3.63, 3.8) is 0 Å². The number of esters is 2. The first-order chi connectivity index (χ1) is 11.1. The van der Waals surface area contributed by atoms with Crippen molar-refractivity contribution in [3.8, 4) is 0 Å². The van der Waals surface area contributed by atoms with E-state index in [0.29, 0.717) is 30.9 Å². The molecule has 124 valence electrons. The van der Waals surface area contributed by atoms with Crippen LogP contribution in [0.4, 0.5) is 5.69 Å². The minimum Gasteiger partial charge on any atom is -0.462 e. The standard InChI is InChI=1S/C16H19NO6/c1-2-21-15(19)11-5-7-12(8-6-11)17-14(18)10-23-16(20)13-4-3-9-22-13/h5-8,13H,2-4,9-10H2,1H3,(H,17,18)/t13-/m0/s1. The Labute approximate surface area is 133 Å². The van der Waals surface area contributed by atoms with Crippen LogP contribution in [0.1, 0.15) is 30.1 Å². The lowest BCUT2D eigenvalue weighted by Gasteiger charge is -2.10. The molecule has 1 aliphatic heterocycles. The lowest BCUT2D eigenvalue weighted by molar-refractivity contribution is -0.156. The molecular weight excluding hydrogens is 302 g/mol. The molecular formula is C16H19NO6. The van der Waals surface area contributed by atoms with Crippen LogP contribution < -0.4 is 5.32 Å². The number of carbonyl (C=O) groups is 3. The van der Waals surface area contributed by atoms with Gasteiger partial charge in [-0.1, -0.05) is 0 Å². The Kier molecular flexibility index (Phi) is 6.10. The van der Waals surface area contributed by atoms with Crippen LogP contribution in [0.3, 0.4) is 0 Å². The number of carbonyl (C=O) groups excluding carboxylic acids is 3. The van der Waals surface area contributed by atoms with E-state index in [-0.39, 0.29) is 6.61 Å². The average Bonchev–Trinajstić information content (AvgIpc) is 3.08. The highest BCUT2D eigenvalue weighted by molar-refractivity contribution is 5.94. The summed E-state index contributed by atoms with van der Waals surface area (Å²) in [6.45, 7) is 2.19. The molecule has 1 aromatic carbocycles. The molecule has 1 atom stereocenters. The zero-order valence-corrected chi connectivity index (χ0v) is 12.9. The van der Waals surface area contributed by atoms with Crippen LogP contribution in [0, 0.1) is 0 Å². The van der Waals surface area contributed by atoms with Crippen LogP contribution in [-0.2, 0) is 23.8 Å². The monoisotopic (exact) mass is 321 g/mol. The zero-order valence-electron chi connectivity index (χ0n) is 12.9. The Bertz CT molecular complexity index is 562. The molecule has 1 amide bonds. The van der Waals surface area contributed by atoms with Crippen LogP contribution in [0.2, 0.25) is 0 Å². The largest absolute Gasteiger partial charge is 0.462 e. The van der Waals surface area contributed by atoms with Crippen molar-refractivity contribution in [2.45, 2.75) is 25.9 Å². The molecule has 0 unspecified atom stereocenters. The Balaban J connectivity index is 1.78. The fourth-order valence-corrected chi connectivity index (χ4v) is 2.09. The SMILES string of the molecule is CCOC(=O)c1ccc(NC(=O)COC(=O)[C@@H]2CCCO2)cc1. The number of ether oxygens (including phenoxy) is 3. The molecule has 23 heavy (non-hydrogen) atoms. The summed E-state index contributed by atoms with van der Waals surface area (Å²) in [5.74, 6) is -1.40. The number of rotatable bonds is 6. The summed E-state index contributed by atoms with van der Waals surface area (Å²) in [5.41, 5.74) is 0.894. The summed E-state index contributed by atoms with van der Waals surface area (Å²) < 4.78 is 14.9. The quantitative estimate of drug-likeness (QED) is 0.799. The van der Waals surface area contributed by atoms with Crippen molar-refractivity contribution in [2.75, 3.05) is 25.1 Å². The van der Waals surface area contributed by atoms with Gasteiger partial charge >= 0.3 is 11.9 Å². The van der Waals surface area contributed by atoms with E-state index in [2.05, 4.69) is 5.32 Å². The zero-order chi connectivity index (χ0) is 16.7. The van der Waals surface area contributed by atoms with Gasteiger partial charge in [-0.3, -0.25) is 4.79 Å². The molecule has 1 aliphatic rings. The van der Waals surface area contributed by atoms with Crippen molar-refractivity contribution in [1.82, 2.24) is 0 Å². The van der Waals surface area contributed by atoms with E-state index in [9.17, 15) is 14.4 Å². The topological polar surface area (TPSA) is 90.9 Å². The smallest absolute Gasteiger partial charge is 0.338 e. The fourth-order valence-electron chi connectivity index (χ4n) is 2.09. The highest BCUT2D eigenvalue weighted by Crippen LogP contribution is 2.14. The number of hydrogen-bond acceptors (Lipinski definition) is 6. The predicted octanol–water partition coefficient (Wildman–Crippen LogP) is 1.52. The summed E-state index contributed by atoms with van der Waals surface area (Å²) >= 11 is 0. The third-order valence-corrected chi connectivity index (χ3v) is 3.22. The first kappa shape index (κ1) is 17.0. The Morgan fingerprint density at radius 3 is 2.57 bits per heavy atom. The van der Waals surface area contributed by atoms with Crippen molar-refractivity contribution in [1.29, 1.82) is 0 Å². The van der Waals surface area contributed by atoms with Crippen LogP contribution in [0.25, 0.3) is 0 Å². The first-order valence-corrected chi connectivity index (χ1v) is 7.45. The minimum absolute atomic E-state index is 0.299. The summed E-state index contributed by atoms with van der Waals surface area (Å²) in [7, 11) is 0. The van der Waals surface area contributed by atoms with Gasteiger partial charge in [-0.2, -0.15) is 0 Å². The van der Waals surface area contributed by atoms with Gasteiger partial charge in [0.1, 0.15) is 0 Å². The van der Waals surface area contributed by atoms with Crippen molar-refractivity contribution < 1.29 is 28.6 Å². The van der Waals surface area contributed by atoms with Gasteiger partial charge in [0.2, 0.25) is 0 Å². The highest BCUT2D eigenvalue weighted by Gasteiger charge is 2.25. The molecule has 2 rings (SSSR count). The van der Waals surface area contributed by atoms with Gasteiger partial charge in [-0.05, 0) is 44.0 Å². The van der Waals surface area contributed by atoms with E-state index >= 15 is 0 Å². The summed E-state index contributed by atoms with van der Waals surface area (Å²) in [6.07, 6.45) is 0.876. The van der Waals surface area contributed by atoms with Crippen LogP contribution in [0.15, 0.2) is 24.3 Å². The second-order valence-electron chi connectivity index (χ2n) is 4.96. The Morgan fingerprint density at radius 2 is 1.96 bits per heavy atom. The molecule has 0 saturated carbocycles. The van der Waals surface area contributed by atoms with E-state index < -0.39 is 23.9 Å². The van der Waals surface area contributed by atoms with Gasteiger partial charge in [0.25, 0.3) is 5.91 Å². The number of amides is 1. The molecule has 0 spiro atoms. The predicted molar refractivity (Wildman–Crippen MR) is 81.0 cm³/mol. The Morgan fingerprint density at radius 1 is 1.22 bits per heavy atom. The van der Waals surface area contributed by atoms with E-state index in [1.807, 2.05) is 0 Å². The molecule has 0 aliphatic carbocycles. The third-order valence-electron chi connectivity index (χ3n) is 3.22. The summed E-state index contributed by atoms with van der Waals surface area (Å²) in [6, 6.07) is 6.25.